The number of benzene rings is 1. The standard InChI is InChI=1S/C15H18N2OS/c1-10(2)12-4-6-13(7-5-12)17-15(18)8-14-11(3)16-9-19-14/h4-7,9-10H,8H2,1-3H3,(H,17,18). The maximum atomic E-state index is 11.9. The Bertz CT molecular complexity index is 558. The summed E-state index contributed by atoms with van der Waals surface area (Å²) in [5, 5.41) is 2.91. The average Bonchev–Trinajstić information content (AvgIpc) is 2.75. The van der Waals surface area contributed by atoms with Gasteiger partial charge < -0.3 is 5.32 Å². The van der Waals surface area contributed by atoms with Gasteiger partial charge in [0.2, 0.25) is 5.91 Å². The Labute approximate surface area is 117 Å². The van der Waals surface area contributed by atoms with E-state index in [0.717, 1.165) is 16.3 Å². The quantitative estimate of drug-likeness (QED) is 0.922. The van der Waals surface area contributed by atoms with Gasteiger partial charge in [-0.1, -0.05) is 26.0 Å². The van der Waals surface area contributed by atoms with Gasteiger partial charge in [0.15, 0.2) is 0 Å². The summed E-state index contributed by atoms with van der Waals surface area (Å²) in [7, 11) is 0. The van der Waals surface area contributed by atoms with Crippen LogP contribution in [0.25, 0.3) is 0 Å². The Morgan fingerprint density at radius 1 is 1.32 bits per heavy atom. The largest absolute Gasteiger partial charge is 0.326 e. The zero-order valence-electron chi connectivity index (χ0n) is 11.4. The molecule has 0 saturated carbocycles. The number of nitrogens with zero attached hydrogens (tertiary/aromatic N) is 1. The Balaban J connectivity index is 1.97. The van der Waals surface area contributed by atoms with Gasteiger partial charge in [-0.3, -0.25) is 4.79 Å². The summed E-state index contributed by atoms with van der Waals surface area (Å²) in [6.07, 6.45) is 0.391. The Morgan fingerprint density at radius 2 is 2.00 bits per heavy atom. The molecule has 0 unspecified atom stereocenters. The molecule has 0 radical (unpaired) electrons. The third kappa shape index (κ3) is 3.64. The Hall–Kier alpha value is -1.68. The number of aryl methyl sites for hydroxylation is 1. The van der Waals surface area contributed by atoms with E-state index in [9.17, 15) is 4.79 Å². The molecule has 0 atom stereocenters. The van der Waals surface area contributed by atoms with E-state index in [0.29, 0.717) is 12.3 Å². The van der Waals surface area contributed by atoms with E-state index in [1.54, 1.807) is 5.51 Å². The molecule has 1 heterocycles. The predicted octanol–water partition coefficient (Wildman–Crippen LogP) is 3.76. The monoisotopic (exact) mass is 274 g/mol. The summed E-state index contributed by atoms with van der Waals surface area (Å²) in [6.45, 7) is 6.23. The maximum absolute atomic E-state index is 11.9. The van der Waals surface area contributed by atoms with Crippen LogP contribution in [0.15, 0.2) is 29.8 Å². The molecule has 1 N–H and O–H groups in total. The second-order valence-corrected chi connectivity index (χ2v) is 5.80. The number of hydrogen-bond acceptors (Lipinski definition) is 3. The summed E-state index contributed by atoms with van der Waals surface area (Å²) >= 11 is 1.52. The van der Waals surface area contributed by atoms with Crippen molar-refractivity contribution in [3.05, 3.63) is 45.9 Å². The van der Waals surface area contributed by atoms with E-state index >= 15 is 0 Å². The molecule has 3 nitrogen and oxygen atoms in total. The van der Waals surface area contributed by atoms with Gasteiger partial charge in [-0.2, -0.15) is 0 Å². The highest BCUT2D eigenvalue weighted by Gasteiger charge is 2.08. The molecule has 0 aliphatic carbocycles. The summed E-state index contributed by atoms with van der Waals surface area (Å²) in [4.78, 5) is 17.1. The average molecular weight is 274 g/mol. The van der Waals surface area contributed by atoms with Crippen molar-refractivity contribution in [2.24, 2.45) is 0 Å². The Kier molecular flexibility index (Phi) is 4.32. The fourth-order valence-corrected chi connectivity index (χ4v) is 2.57. The van der Waals surface area contributed by atoms with E-state index in [1.165, 1.54) is 16.9 Å². The summed E-state index contributed by atoms with van der Waals surface area (Å²) in [5.74, 6) is 0.509. The first-order valence-electron chi connectivity index (χ1n) is 6.35. The van der Waals surface area contributed by atoms with Crippen LogP contribution in [0.4, 0.5) is 5.69 Å². The van der Waals surface area contributed by atoms with Gasteiger partial charge >= 0.3 is 0 Å². The molecule has 4 heteroatoms. The second kappa shape index (κ2) is 5.97. The lowest BCUT2D eigenvalue weighted by atomic mass is 10.0. The van der Waals surface area contributed by atoms with Crippen LogP contribution in [-0.4, -0.2) is 10.9 Å². The molecular weight excluding hydrogens is 256 g/mol. The van der Waals surface area contributed by atoms with Crippen LogP contribution < -0.4 is 5.32 Å². The van der Waals surface area contributed by atoms with Crippen LogP contribution in [0.5, 0.6) is 0 Å². The van der Waals surface area contributed by atoms with Crippen molar-refractivity contribution in [2.45, 2.75) is 33.1 Å². The normalized spacial score (nSPS) is 10.7. The highest BCUT2D eigenvalue weighted by Crippen LogP contribution is 2.18. The maximum Gasteiger partial charge on any atom is 0.229 e. The van der Waals surface area contributed by atoms with Crippen LogP contribution in [0, 0.1) is 6.92 Å². The SMILES string of the molecule is Cc1ncsc1CC(=O)Nc1ccc(C(C)C)cc1. The van der Waals surface area contributed by atoms with Crippen molar-refractivity contribution < 1.29 is 4.79 Å². The van der Waals surface area contributed by atoms with Crippen molar-refractivity contribution in [1.29, 1.82) is 0 Å². The van der Waals surface area contributed by atoms with Crippen molar-refractivity contribution >= 4 is 22.9 Å². The number of rotatable bonds is 4. The van der Waals surface area contributed by atoms with E-state index < -0.39 is 0 Å². The number of amides is 1. The van der Waals surface area contributed by atoms with Crippen LogP contribution in [0.2, 0.25) is 0 Å². The van der Waals surface area contributed by atoms with Gasteiger partial charge in [-0.25, -0.2) is 4.98 Å². The fourth-order valence-electron chi connectivity index (χ4n) is 1.80. The molecule has 0 fully saturated rings. The molecule has 0 spiro atoms. The third-order valence-corrected chi connectivity index (χ3v) is 3.96. The number of nitrogens with one attached hydrogen (secondary N) is 1. The minimum atomic E-state index is 0.00430. The minimum absolute atomic E-state index is 0.00430. The molecule has 0 saturated heterocycles. The molecular formula is C15H18N2OS. The molecule has 19 heavy (non-hydrogen) atoms. The van der Waals surface area contributed by atoms with Crippen LogP contribution >= 0.6 is 11.3 Å². The minimum Gasteiger partial charge on any atom is -0.326 e. The molecule has 1 aromatic heterocycles. The second-order valence-electron chi connectivity index (χ2n) is 4.86. The zero-order chi connectivity index (χ0) is 13.8. The van der Waals surface area contributed by atoms with Crippen molar-refractivity contribution in [3.63, 3.8) is 0 Å². The van der Waals surface area contributed by atoms with Crippen LogP contribution in [-0.2, 0) is 11.2 Å². The Morgan fingerprint density at radius 3 is 2.53 bits per heavy atom. The van der Waals surface area contributed by atoms with Crippen LogP contribution in [0.3, 0.4) is 0 Å². The number of hydrogen-bond donors (Lipinski definition) is 1. The predicted molar refractivity (Wildman–Crippen MR) is 79.7 cm³/mol. The first-order valence-corrected chi connectivity index (χ1v) is 7.23. The first kappa shape index (κ1) is 13.7. The molecule has 2 aromatic rings. The van der Waals surface area contributed by atoms with Gasteiger partial charge in [-0.15, -0.1) is 11.3 Å². The van der Waals surface area contributed by atoms with Crippen molar-refractivity contribution in [2.75, 3.05) is 5.32 Å². The lowest BCUT2D eigenvalue weighted by Gasteiger charge is -2.08. The third-order valence-electron chi connectivity index (χ3n) is 3.03. The topological polar surface area (TPSA) is 42.0 Å². The van der Waals surface area contributed by atoms with Gasteiger partial charge in [0.1, 0.15) is 0 Å². The summed E-state index contributed by atoms with van der Waals surface area (Å²) in [5.41, 5.74) is 4.83. The van der Waals surface area contributed by atoms with E-state index in [1.807, 2.05) is 19.1 Å². The lowest BCUT2D eigenvalue weighted by Crippen LogP contribution is -2.14. The van der Waals surface area contributed by atoms with Crippen molar-refractivity contribution in [3.8, 4) is 0 Å². The molecule has 1 amide bonds. The highest BCUT2D eigenvalue weighted by molar-refractivity contribution is 7.09. The van der Waals surface area contributed by atoms with Gasteiger partial charge in [0.25, 0.3) is 0 Å². The number of thiazole rings is 1. The lowest BCUT2D eigenvalue weighted by molar-refractivity contribution is -0.115. The number of carbonyl (C=O) groups is 1. The fraction of sp³-hybridized carbons (Fsp3) is 0.333. The van der Waals surface area contributed by atoms with Gasteiger partial charge in [0, 0.05) is 10.6 Å². The van der Waals surface area contributed by atoms with Gasteiger partial charge in [0.05, 0.1) is 17.6 Å². The number of anilines is 1. The number of aromatic nitrogens is 1. The zero-order valence-corrected chi connectivity index (χ0v) is 12.3. The van der Waals surface area contributed by atoms with E-state index in [-0.39, 0.29) is 5.91 Å². The molecule has 0 aliphatic heterocycles. The summed E-state index contributed by atoms with van der Waals surface area (Å²) < 4.78 is 0. The summed E-state index contributed by atoms with van der Waals surface area (Å²) in [6, 6.07) is 8.01. The van der Waals surface area contributed by atoms with Crippen molar-refractivity contribution in [1.82, 2.24) is 4.98 Å². The number of carbonyl (C=O) groups excluding carboxylic acids is 1. The molecule has 2 rings (SSSR count). The smallest absolute Gasteiger partial charge is 0.229 e. The highest BCUT2D eigenvalue weighted by atomic mass is 32.1. The molecule has 100 valence electrons. The van der Waals surface area contributed by atoms with E-state index in [2.05, 4.69) is 36.3 Å². The first-order chi connectivity index (χ1) is 9.06. The molecule has 0 bridgehead atoms. The van der Waals surface area contributed by atoms with Crippen LogP contribution in [0.1, 0.15) is 35.9 Å². The molecule has 0 aliphatic rings. The van der Waals surface area contributed by atoms with E-state index in [4.69, 9.17) is 0 Å². The molecule has 1 aromatic carbocycles. The van der Waals surface area contributed by atoms with Gasteiger partial charge in [-0.05, 0) is 30.5 Å².